The van der Waals surface area contributed by atoms with Crippen molar-refractivity contribution in [3.63, 3.8) is 0 Å². The summed E-state index contributed by atoms with van der Waals surface area (Å²) in [5, 5.41) is 8.89. The molecule has 0 aliphatic heterocycles. The smallest absolute Gasteiger partial charge is 0.159 e. The van der Waals surface area contributed by atoms with Gasteiger partial charge >= 0.3 is 0 Å². The summed E-state index contributed by atoms with van der Waals surface area (Å²) in [6.07, 6.45) is 15.4. The highest BCUT2D eigenvalue weighted by molar-refractivity contribution is 5.56. The van der Waals surface area contributed by atoms with Crippen molar-refractivity contribution >= 4 is 0 Å². The Morgan fingerprint density at radius 2 is 1.78 bits per heavy atom. The molecule has 1 aromatic carbocycles. The van der Waals surface area contributed by atoms with E-state index in [1.807, 2.05) is 24.5 Å². The molecule has 1 fully saturated rings. The molecule has 0 amide bonds. The maximum atomic E-state index is 8.89. The van der Waals surface area contributed by atoms with Gasteiger partial charge in [-0.25, -0.2) is 9.97 Å². The number of nitrogens with zero attached hydrogens (tertiary/aromatic N) is 3. The molecule has 4 heteroatoms. The van der Waals surface area contributed by atoms with E-state index in [0.29, 0.717) is 23.4 Å². The zero-order chi connectivity index (χ0) is 18.9. The normalized spacial score (nSPS) is 19.9. The quantitative estimate of drug-likeness (QED) is 0.618. The first-order valence-electron chi connectivity index (χ1n) is 9.89. The van der Waals surface area contributed by atoms with Crippen LogP contribution in [0.2, 0.25) is 0 Å². The number of hydrogen-bond acceptors (Lipinski definition) is 4. The lowest BCUT2D eigenvalue weighted by atomic mass is 9.84. The van der Waals surface area contributed by atoms with Crippen LogP contribution in [0.3, 0.4) is 0 Å². The van der Waals surface area contributed by atoms with Crippen LogP contribution in [-0.4, -0.2) is 22.7 Å². The second-order valence-electron chi connectivity index (χ2n) is 7.10. The fourth-order valence-electron chi connectivity index (χ4n) is 3.50. The first-order valence-corrected chi connectivity index (χ1v) is 9.89. The van der Waals surface area contributed by atoms with Crippen LogP contribution in [0.5, 0.6) is 0 Å². The Morgan fingerprint density at radius 3 is 2.41 bits per heavy atom. The van der Waals surface area contributed by atoms with Crippen LogP contribution >= 0.6 is 0 Å². The maximum absolute atomic E-state index is 8.89. The number of benzene rings is 1. The fraction of sp³-hybridized carbons (Fsp3) is 0.435. The summed E-state index contributed by atoms with van der Waals surface area (Å²) in [6, 6.07) is 9.51. The Labute approximate surface area is 161 Å². The molecule has 2 aromatic rings. The number of allylic oxidation sites excluding steroid dienone is 1. The van der Waals surface area contributed by atoms with Gasteiger partial charge in [0.1, 0.15) is 0 Å². The van der Waals surface area contributed by atoms with Crippen molar-refractivity contribution in [1.82, 2.24) is 9.97 Å². The Balaban J connectivity index is 1.50. The summed E-state index contributed by atoms with van der Waals surface area (Å²) in [7, 11) is 0. The lowest BCUT2D eigenvalue weighted by Crippen LogP contribution is -2.21. The van der Waals surface area contributed by atoms with Gasteiger partial charge in [0.15, 0.2) is 5.82 Å². The first-order chi connectivity index (χ1) is 13.3. The van der Waals surface area contributed by atoms with Gasteiger partial charge in [-0.3, -0.25) is 0 Å². The topological polar surface area (TPSA) is 58.8 Å². The average Bonchev–Trinajstić information content (AvgIpc) is 2.74. The van der Waals surface area contributed by atoms with E-state index in [-0.39, 0.29) is 0 Å². The average molecular weight is 361 g/mol. The van der Waals surface area contributed by atoms with Gasteiger partial charge < -0.3 is 4.74 Å². The SMILES string of the molecule is CCCC=CCO[C@H]1CC[C@H](c2cnc(-c3ccc(C#N)cc3)nc2)CC1. The third kappa shape index (κ3) is 5.48. The second kappa shape index (κ2) is 9.99. The lowest BCUT2D eigenvalue weighted by Gasteiger charge is -2.28. The molecule has 0 atom stereocenters. The molecule has 0 bridgehead atoms. The molecule has 3 rings (SSSR count). The number of ether oxygens (including phenoxy) is 1. The van der Waals surface area contributed by atoms with E-state index in [4.69, 9.17) is 10.00 Å². The molecule has 140 valence electrons. The summed E-state index contributed by atoms with van der Waals surface area (Å²) in [5.74, 6) is 1.23. The molecule has 1 aromatic heterocycles. The molecular formula is C23H27N3O. The molecule has 0 N–H and O–H groups in total. The number of hydrogen-bond donors (Lipinski definition) is 0. The Hall–Kier alpha value is -2.51. The van der Waals surface area contributed by atoms with E-state index in [2.05, 4.69) is 35.1 Å². The van der Waals surface area contributed by atoms with Gasteiger partial charge in [0.25, 0.3) is 0 Å². The van der Waals surface area contributed by atoms with Crippen LogP contribution < -0.4 is 0 Å². The molecule has 0 radical (unpaired) electrons. The molecular weight excluding hydrogens is 334 g/mol. The highest BCUT2D eigenvalue weighted by Gasteiger charge is 2.23. The number of nitriles is 1. The van der Waals surface area contributed by atoms with Crippen molar-refractivity contribution in [3.05, 3.63) is 59.9 Å². The van der Waals surface area contributed by atoms with E-state index >= 15 is 0 Å². The third-order valence-electron chi connectivity index (χ3n) is 5.14. The van der Waals surface area contributed by atoms with Crippen molar-refractivity contribution < 1.29 is 4.74 Å². The van der Waals surface area contributed by atoms with E-state index in [0.717, 1.165) is 44.3 Å². The summed E-state index contributed by atoms with van der Waals surface area (Å²) in [5.41, 5.74) is 2.80. The second-order valence-corrected chi connectivity index (χ2v) is 7.10. The van der Waals surface area contributed by atoms with Gasteiger partial charge in [-0.2, -0.15) is 5.26 Å². The minimum atomic E-state index is 0.381. The molecule has 0 saturated heterocycles. The number of rotatable bonds is 7. The van der Waals surface area contributed by atoms with Crippen LogP contribution in [0.25, 0.3) is 11.4 Å². The van der Waals surface area contributed by atoms with Crippen molar-refractivity contribution in [2.75, 3.05) is 6.61 Å². The monoisotopic (exact) mass is 361 g/mol. The van der Waals surface area contributed by atoms with E-state index in [1.54, 1.807) is 12.1 Å². The van der Waals surface area contributed by atoms with Gasteiger partial charge in [0.2, 0.25) is 0 Å². The Bertz CT molecular complexity index is 767. The zero-order valence-corrected chi connectivity index (χ0v) is 16.0. The summed E-state index contributed by atoms with van der Waals surface area (Å²) in [6.45, 7) is 2.92. The molecule has 1 aliphatic carbocycles. The van der Waals surface area contributed by atoms with Crippen molar-refractivity contribution in [1.29, 1.82) is 5.26 Å². The van der Waals surface area contributed by atoms with E-state index in [1.165, 1.54) is 12.0 Å². The van der Waals surface area contributed by atoms with Crippen molar-refractivity contribution in [2.45, 2.75) is 57.5 Å². The molecule has 0 unspecified atom stereocenters. The molecule has 1 saturated carbocycles. The van der Waals surface area contributed by atoms with Gasteiger partial charge in [0, 0.05) is 18.0 Å². The van der Waals surface area contributed by atoms with Crippen LogP contribution in [0.1, 0.15) is 62.5 Å². The molecule has 0 spiro atoms. The zero-order valence-electron chi connectivity index (χ0n) is 16.0. The predicted molar refractivity (Wildman–Crippen MR) is 107 cm³/mol. The van der Waals surface area contributed by atoms with E-state index in [9.17, 15) is 0 Å². The number of unbranched alkanes of at least 4 members (excludes halogenated alkanes) is 1. The highest BCUT2D eigenvalue weighted by Crippen LogP contribution is 2.33. The van der Waals surface area contributed by atoms with Crippen molar-refractivity contribution in [2.24, 2.45) is 0 Å². The van der Waals surface area contributed by atoms with Gasteiger partial charge in [-0.1, -0.05) is 25.5 Å². The summed E-state index contributed by atoms with van der Waals surface area (Å²) < 4.78 is 5.97. The first kappa shape index (κ1) is 19.3. The lowest BCUT2D eigenvalue weighted by molar-refractivity contribution is 0.0421. The van der Waals surface area contributed by atoms with Gasteiger partial charge in [0.05, 0.1) is 24.3 Å². The standard InChI is InChI=1S/C23H27N3O/c1-2-3-4-5-14-27-22-12-10-19(11-13-22)21-16-25-23(26-17-21)20-8-6-18(15-24)7-9-20/h4-9,16-17,19,22H,2-3,10-14H2,1H3/t19-,22-. The largest absolute Gasteiger partial charge is 0.374 e. The minimum Gasteiger partial charge on any atom is -0.374 e. The van der Waals surface area contributed by atoms with Crippen LogP contribution in [0, 0.1) is 11.3 Å². The minimum absolute atomic E-state index is 0.381. The fourth-order valence-corrected chi connectivity index (χ4v) is 3.50. The van der Waals surface area contributed by atoms with Gasteiger partial charge in [-0.15, -0.1) is 0 Å². The van der Waals surface area contributed by atoms with E-state index < -0.39 is 0 Å². The van der Waals surface area contributed by atoms with Crippen LogP contribution in [0.15, 0.2) is 48.8 Å². The maximum Gasteiger partial charge on any atom is 0.159 e. The Morgan fingerprint density at radius 1 is 1.07 bits per heavy atom. The van der Waals surface area contributed by atoms with Crippen molar-refractivity contribution in [3.8, 4) is 17.5 Å². The molecule has 27 heavy (non-hydrogen) atoms. The Kier molecular flexibility index (Phi) is 7.12. The van der Waals surface area contributed by atoms with Crippen LogP contribution in [-0.2, 0) is 4.74 Å². The van der Waals surface area contributed by atoms with Gasteiger partial charge in [-0.05, 0) is 67.9 Å². The summed E-state index contributed by atoms with van der Waals surface area (Å²) in [4.78, 5) is 9.08. The summed E-state index contributed by atoms with van der Waals surface area (Å²) >= 11 is 0. The molecule has 4 nitrogen and oxygen atoms in total. The highest BCUT2D eigenvalue weighted by atomic mass is 16.5. The molecule has 1 aliphatic rings. The number of aromatic nitrogens is 2. The molecule has 1 heterocycles. The third-order valence-corrected chi connectivity index (χ3v) is 5.14. The van der Waals surface area contributed by atoms with Crippen LogP contribution in [0.4, 0.5) is 0 Å². The predicted octanol–water partition coefficient (Wildman–Crippen LogP) is 5.41.